The van der Waals surface area contributed by atoms with Crippen molar-refractivity contribution in [2.24, 2.45) is 0 Å². The Labute approximate surface area is 215 Å². The van der Waals surface area contributed by atoms with E-state index in [2.05, 4.69) is 16.7 Å². The Balaban J connectivity index is 1.38. The van der Waals surface area contributed by atoms with Gasteiger partial charge in [-0.1, -0.05) is 18.2 Å². The van der Waals surface area contributed by atoms with E-state index in [-0.39, 0.29) is 17.5 Å². The highest BCUT2D eigenvalue weighted by Gasteiger charge is 2.22. The predicted molar refractivity (Wildman–Crippen MR) is 142 cm³/mol. The van der Waals surface area contributed by atoms with Gasteiger partial charge in [-0.05, 0) is 83.5 Å². The summed E-state index contributed by atoms with van der Waals surface area (Å²) in [6, 6.07) is 12.4. The normalized spacial score (nSPS) is 18.5. The smallest absolute Gasteiger partial charge is 0.219 e. The fraction of sp³-hybridized carbons (Fsp3) is 0.161. The molecule has 2 heterocycles. The largest absolute Gasteiger partial charge is 0.457 e. The minimum atomic E-state index is -0.317. The Bertz CT molecular complexity index is 1390. The lowest BCUT2D eigenvalue weighted by Crippen LogP contribution is -2.45. The molecule has 1 amide bonds. The number of ether oxygens (including phenoxy) is 1. The standard InChI is InChI=1S/C31H27F2N2O2/c1-22(36)34-16-18-35(19-17-34)29-13-2-23(3-14-29)4-15-30-20-26(24-5-9-27(32)10-6-24)21-31(37-30)25-7-11-28(33)12-8-25/h2-15,20-21H,16-19H2,1H3/q+1. The third-order valence-corrected chi connectivity index (χ3v) is 6.54. The van der Waals surface area contributed by atoms with Crippen molar-refractivity contribution in [1.29, 1.82) is 0 Å². The van der Waals surface area contributed by atoms with Crippen molar-refractivity contribution in [3.8, 4) is 0 Å². The number of amides is 1. The van der Waals surface area contributed by atoms with Crippen LogP contribution < -0.4 is 0 Å². The molecule has 186 valence electrons. The summed E-state index contributed by atoms with van der Waals surface area (Å²) < 4.78 is 35.4. The minimum Gasteiger partial charge on any atom is -0.457 e. The topological polar surface area (TPSA) is 32.5 Å². The van der Waals surface area contributed by atoms with E-state index >= 15 is 0 Å². The zero-order valence-corrected chi connectivity index (χ0v) is 20.5. The molecule has 2 aromatic carbocycles. The van der Waals surface area contributed by atoms with Crippen molar-refractivity contribution in [3.63, 3.8) is 0 Å². The van der Waals surface area contributed by atoms with E-state index in [9.17, 15) is 13.6 Å². The average Bonchev–Trinajstić information content (AvgIpc) is 2.93. The Morgan fingerprint density at radius 3 is 2.03 bits per heavy atom. The number of piperazine rings is 1. The minimum absolute atomic E-state index is 0.122. The molecule has 2 aliphatic heterocycles. The maximum absolute atomic E-state index is 13.5. The summed E-state index contributed by atoms with van der Waals surface area (Å²) in [5.74, 6) is 0.707. The van der Waals surface area contributed by atoms with Crippen molar-refractivity contribution in [3.05, 3.63) is 131 Å². The van der Waals surface area contributed by atoms with Crippen LogP contribution in [-0.2, 0) is 9.53 Å². The van der Waals surface area contributed by atoms with Gasteiger partial charge in [0.15, 0.2) is 18.8 Å². The molecule has 0 unspecified atom stereocenters. The molecule has 1 fully saturated rings. The second kappa shape index (κ2) is 10.7. The van der Waals surface area contributed by atoms with E-state index in [1.54, 1.807) is 31.2 Å². The fourth-order valence-electron chi connectivity index (χ4n) is 4.42. The lowest BCUT2D eigenvalue weighted by Gasteiger charge is -2.24. The molecule has 0 N–H and O–H groups in total. The molecule has 37 heavy (non-hydrogen) atoms. The van der Waals surface area contributed by atoms with E-state index in [1.165, 1.54) is 24.3 Å². The lowest BCUT2D eigenvalue weighted by atomic mass is 10.00. The van der Waals surface area contributed by atoms with Crippen LogP contribution in [0.5, 0.6) is 0 Å². The van der Waals surface area contributed by atoms with Gasteiger partial charge >= 0.3 is 0 Å². The van der Waals surface area contributed by atoms with E-state index in [0.717, 1.165) is 54.2 Å². The number of halogens is 2. The zero-order valence-electron chi connectivity index (χ0n) is 20.5. The highest BCUT2D eigenvalue weighted by atomic mass is 19.1. The number of hydrogen-bond donors (Lipinski definition) is 0. The van der Waals surface area contributed by atoms with Gasteiger partial charge in [0.05, 0.1) is 13.1 Å². The third-order valence-electron chi connectivity index (χ3n) is 6.54. The maximum Gasteiger partial charge on any atom is 0.219 e. The van der Waals surface area contributed by atoms with Crippen LogP contribution in [0.1, 0.15) is 18.1 Å². The van der Waals surface area contributed by atoms with Crippen LogP contribution in [0.2, 0.25) is 0 Å². The van der Waals surface area contributed by atoms with Gasteiger partial charge < -0.3 is 9.64 Å². The van der Waals surface area contributed by atoms with Crippen molar-refractivity contribution in [2.45, 2.75) is 6.92 Å². The van der Waals surface area contributed by atoms with Crippen LogP contribution in [-0.4, -0.2) is 47.3 Å². The molecule has 0 spiro atoms. The van der Waals surface area contributed by atoms with Crippen LogP contribution in [0, 0.1) is 11.6 Å². The van der Waals surface area contributed by atoms with Crippen molar-refractivity contribution in [1.82, 2.24) is 4.90 Å². The second-order valence-corrected chi connectivity index (χ2v) is 9.04. The van der Waals surface area contributed by atoms with Gasteiger partial charge in [0.1, 0.15) is 23.2 Å². The van der Waals surface area contributed by atoms with Gasteiger partial charge in [0.25, 0.3) is 0 Å². The van der Waals surface area contributed by atoms with Crippen LogP contribution in [0.15, 0.2) is 108 Å². The number of hydrogen-bond acceptors (Lipinski definition) is 2. The third kappa shape index (κ3) is 5.92. The van der Waals surface area contributed by atoms with E-state index in [0.29, 0.717) is 11.5 Å². The molecule has 6 heteroatoms. The molecule has 1 aliphatic carbocycles. The Morgan fingerprint density at radius 2 is 1.43 bits per heavy atom. The summed E-state index contributed by atoms with van der Waals surface area (Å²) in [5.41, 5.74) is 4.60. The molecule has 5 rings (SSSR count). The number of carbonyl (C=O) groups is 1. The van der Waals surface area contributed by atoms with Crippen molar-refractivity contribution in [2.75, 3.05) is 26.2 Å². The summed E-state index contributed by atoms with van der Waals surface area (Å²) in [6.45, 7) is 4.71. The van der Waals surface area contributed by atoms with Gasteiger partial charge in [-0.3, -0.25) is 4.79 Å². The number of rotatable bonds is 3. The van der Waals surface area contributed by atoms with Crippen LogP contribution >= 0.6 is 0 Å². The van der Waals surface area contributed by atoms with Gasteiger partial charge in [0, 0.05) is 24.6 Å². The molecule has 0 radical (unpaired) electrons. The van der Waals surface area contributed by atoms with Crippen molar-refractivity contribution < 1.29 is 22.9 Å². The fourth-order valence-corrected chi connectivity index (χ4v) is 4.42. The molecular formula is C31H27F2N2O2+. The van der Waals surface area contributed by atoms with Gasteiger partial charge in [-0.2, -0.15) is 0 Å². The predicted octanol–water partition coefficient (Wildman–Crippen LogP) is 5.67. The number of nitrogens with zero attached hydrogens (tertiary/aromatic N) is 2. The van der Waals surface area contributed by atoms with E-state index in [1.807, 2.05) is 41.4 Å². The van der Waals surface area contributed by atoms with Gasteiger partial charge in [-0.15, -0.1) is 0 Å². The van der Waals surface area contributed by atoms with Crippen LogP contribution in [0.4, 0.5) is 8.78 Å². The van der Waals surface area contributed by atoms with Crippen LogP contribution in [0.3, 0.4) is 0 Å². The highest BCUT2D eigenvalue weighted by Crippen LogP contribution is 2.32. The van der Waals surface area contributed by atoms with E-state index in [4.69, 9.17) is 4.74 Å². The van der Waals surface area contributed by atoms with Gasteiger partial charge in [-0.25, -0.2) is 13.4 Å². The Morgan fingerprint density at radius 1 is 0.838 bits per heavy atom. The van der Waals surface area contributed by atoms with E-state index < -0.39 is 0 Å². The Kier molecular flexibility index (Phi) is 7.08. The molecule has 0 saturated carbocycles. The number of carbonyl (C=O) groups excluding carboxylic acids is 1. The first-order chi connectivity index (χ1) is 17.9. The summed E-state index contributed by atoms with van der Waals surface area (Å²) in [4.78, 5) is 13.4. The summed E-state index contributed by atoms with van der Waals surface area (Å²) in [6.07, 6.45) is 15.9. The molecular weight excluding hydrogens is 470 g/mol. The summed E-state index contributed by atoms with van der Waals surface area (Å²) in [5, 5.41) is 0. The quantitative estimate of drug-likeness (QED) is 0.512. The average molecular weight is 498 g/mol. The Hall–Kier alpha value is -4.32. The first-order valence-corrected chi connectivity index (χ1v) is 12.2. The SMILES string of the molecule is CC(=O)N1CC[N+](=C2C=CC(=CC=C3C=C(c4ccc(F)cc4)C=C(c4ccc(F)cc4)O3)C=C2)CC1. The maximum atomic E-state index is 13.5. The highest BCUT2D eigenvalue weighted by molar-refractivity contribution is 6.02. The van der Waals surface area contributed by atoms with Crippen LogP contribution in [0.25, 0.3) is 11.3 Å². The molecule has 0 aromatic heterocycles. The molecule has 0 bridgehead atoms. The molecule has 2 aromatic rings. The summed E-state index contributed by atoms with van der Waals surface area (Å²) in [7, 11) is 0. The lowest BCUT2D eigenvalue weighted by molar-refractivity contribution is -0.536. The monoisotopic (exact) mass is 497 g/mol. The number of allylic oxidation sites excluding steroid dienone is 10. The molecule has 0 atom stereocenters. The molecule has 3 aliphatic rings. The number of benzene rings is 2. The molecule has 4 nitrogen and oxygen atoms in total. The first-order valence-electron chi connectivity index (χ1n) is 12.2. The first kappa shape index (κ1) is 24.4. The summed E-state index contributed by atoms with van der Waals surface area (Å²) >= 11 is 0. The molecule has 1 saturated heterocycles. The zero-order chi connectivity index (χ0) is 25.8. The van der Waals surface area contributed by atoms with Crippen molar-refractivity contribution >= 4 is 23.0 Å². The second-order valence-electron chi connectivity index (χ2n) is 9.04. The van der Waals surface area contributed by atoms with Gasteiger partial charge in [0.2, 0.25) is 5.91 Å².